The van der Waals surface area contributed by atoms with Gasteiger partial charge in [-0.25, -0.2) is 0 Å². The lowest BCUT2D eigenvalue weighted by molar-refractivity contribution is -0.119. The molecular weight excluding hydrogens is 218 g/mol. The number of rotatable bonds is 1. The Hall–Kier alpha value is -1.84. The summed E-state index contributed by atoms with van der Waals surface area (Å²) < 4.78 is 5.05. The Morgan fingerprint density at radius 3 is 2.82 bits per heavy atom. The van der Waals surface area contributed by atoms with E-state index >= 15 is 0 Å². The number of hydrogen-bond donors (Lipinski definition) is 0. The van der Waals surface area contributed by atoms with E-state index in [0.717, 1.165) is 6.54 Å². The van der Waals surface area contributed by atoms with E-state index in [9.17, 15) is 9.59 Å². The molecule has 0 spiro atoms. The zero-order valence-corrected chi connectivity index (χ0v) is 9.82. The third-order valence-electron chi connectivity index (χ3n) is 3.63. The molecule has 4 heteroatoms. The topological polar surface area (TPSA) is 46.6 Å². The molecule has 0 fully saturated rings. The van der Waals surface area contributed by atoms with Crippen LogP contribution in [0.25, 0.3) is 0 Å². The summed E-state index contributed by atoms with van der Waals surface area (Å²) in [4.78, 5) is 26.4. The van der Waals surface area contributed by atoms with E-state index in [1.54, 1.807) is 6.92 Å². The van der Waals surface area contributed by atoms with Gasteiger partial charge in [0, 0.05) is 24.1 Å². The maximum Gasteiger partial charge on any atom is 0.226 e. The van der Waals surface area contributed by atoms with E-state index in [-0.39, 0.29) is 23.4 Å². The molecule has 3 aliphatic rings. The fourth-order valence-electron chi connectivity index (χ4n) is 2.79. The van der Waals surface area contributed by atoms with Gasteiger partial charge in [-0.2, -0.15) is 0 Å². The fraction of sp³-hybridized carbons (Fsp3) is 0.385. The molecule has 2 heterocycles. The Kier molecular flexibility index (Phi) is 2.02. The zero-order valence-electron chi connectivity index (χ0n) is 9.82. The van der Waals surface area contributed by atoms with Crippen LogP contribution in [0.1, 0.15) is 13.3 Å². The van der Waals surface area contributed by atoms with Crippen LogP contribution in [0.2, 0.25) is 0 Å². The van der Waals surface area contributed by atoms with Crippen molar-refractivity contribution in [3.63, 3.8) is 0 Å². The van der Waals surface area contributed by atoms with Crippen LogP contribution in [-0.4, -0.2) is 36.2 Å². The van der Waals surface area contributed by atoms with E-state index in [0.29, 0.717) is 23.3 Å². The van der Waals surface area contributed by atoms with Crippen LogP contribution in [0, 0.1) is 0 Å². The van der Waals surface area contributed by atoms with Gasteiger partial charge in [0.2, 0.25) is 11.6 Å². The van der Waals surface area contributed by atoms with Crippen LogP contribution in [0.3, 0.4) is 0 Å². The van der Waals surface area contributed by atoms with E-state index in [4.69, 9.17) is 4.74 Å². The largest absolute Gasteiger partial charge is 0.492 e. The molecule has 4 nitrogen and oxygen atoms in total. The molecule has 3 rings (SSSR count). The highest BCUT2D eigenvalue weighted by Crippen LogP contribution is 2.39. The third-order valence-corrected chi connectivity index (χ3v) is 3.63. The highest BCUT2D eigenvalue weighted by Gasteiger charge is 2.43. The summed E-state index contributed by atoms with van der Waals surface area (Å²) in [6.07, 6.45) is 4.72. The monoisotopic (exact) mass is 231 g/mol. The van der Waals surface area contributed by atoms with Crippen molar-refractivity contribution in [2.45, 2.75) is 19.4 Å². The van der Waals surface area contributed by atoms with Gasteiger partial charge in [0.25, 0.3) is 0 Å². The van der Waals surface area contributed by atoms with Crippen LogP contribution >= 0.6 is 0 Å². The van der Waals surface area contributed by atoms with Crippen LogP contribution < -0.4 is 0 Å². The van der Waals surface area contributed by atoms with Gasteiger partial charge in [-0.3, -0.25) is 9.59 Å². The highest BCUT2D eigenvalue weighted by atomic mass is 16.5. The molecular formula is C13H13NO3. The van der Waals surface area contributed by atoms with Crippen LogP contribution in [0.5, 0.6) is 0 Å². The smallest absolute Gasteiger partial charge is 0.226 e. The van der Waals surface area contributed by atoms with E-state index < -0.39 is 0 Å². The predicted molar refractivity (Wildman–Crippen MR) is 61.0 cm³/mol. The number of methoxy groups -OCH3 is 1. The van der Waals surface area contributed by atoms with Crippen molar-refractivity contribution in [3.8, 4) is 0 Å². The maximum atomic E-state index is 12.2. The summed E-state index contributed by atoms with van der Waals surface area (Å²) in [6.45, 7) is 2.37. The van der Waals surface area contributed by atoms with Crippen molar-refractivity contribution < 1.29 is 14.3 Å². The normalized spacial score (nSPS) is 26.9. The number of carbonyl (C=O) groups is 2. The summed E-state index contributed by atoms with van der Waals surface area (Å²) >= 11 is 0. The summed E-state index contributed by atoms with van der Waals surface area (Å²) in [5, 5.41) is 0. The fourth-order valence-corrected chi connectivity index (χ4v) is 2.79. The lowest BCUT2D eigenvalue weighted by Gasteiger charge is -2.23. The Balaban J connectivity index is 2.08. The van der Waals surface area contributed by atoms with Crippen molar-refractivity contribution in [1.82, 2.24) is 4.90 Å². The highest BCUT2D eigenvalue weighted by molar-refractivity contribution is 6.24. The van der Waals surface area contributed by atoms with Crippen molar-refractivity contribution in [2.75, 3.05) is 13.7 Å². The standard InChI is InChI=1S/C13H13NO3/c1-7-11(15)10-9(12(16)13(7)17-2)6-8-4-3-5-14(8)10/h3-4,8H,5-6H2,1-2H3. The second-order valence-corrected chi connectivity index (χ2v) is 4.50. The van der Waals surface area contributed by atoms with Crippen LogP contribution in [0.4, 0.5) is 0 Å². The first kappa shape index (κ1) is 10.3. The molecule has 0 radical (unpaired) electrons. The third kappa shape index (κ3) is 1.18. The SMILES string of the molecule is COC1=C(C)C(=O)C2=C(CC3C=CCN23)C1=O. The Morgan fingerprint density at radius 1 is 1.35 bits per heavy atom. The number of ether oxygens (including phenoxy) is 1. The Labute approximate surface area is 99.2 Å². The molecule has 0 aromatic rings. The molecule has 1 atom stereocenters. The minimum absolute atomic E-state index is 0.0670. The molecule has 0 saturated carbocycles. The second-order valence-electron chi connectivity index (χ2n) is 4.50. The molecule has 2 aliphatic heterocycles. The van der Waals surface area contributed by atoms with Gasteiger partial charge in [0.05, 0.1) is 18.8 Å². The lowest BCUT2D eigenvalue weighted by atomic mass is 9.92. The molecule has 0 bridgehead atoms. The summed E-state index contributed by atoms with van der Waals surface area (Å²) in [5.41, 5.74) is 1.62. The van der Waals surface area contributed by atoms with Gasteiger partial charge in [-0.05, 0) is 6.92 Å². The van der Waals surface area contributed by atoms with Gasteiger partial charge in [0.1, 0.15) is 0 Å². The number of carbonyl (C=O) groups excluding carboxylic acids is 2. The number of fused-ring (bicyclic) bond motifs is 2. The minimum Gasteiger partial charge on any atom is -0.492 e. The first-order valence-corrected chi connectivity index (χ1v) is 5.66. The summed E-state index contributed by atoms with van der Waals surface area (Å²) in [5.74, 6) is 0.0175. The van der Waals surface area contributed by atoms with Crippen molar-refractivity contribution in [2.24, 2.45) is 0 Å². The van der Waals surface area contributed by atoms with Gasteiger partial charge < -0.3 is 9.64 Å². The lowest BCUT2D eigenvalue weighted by Crippen LogP contribution is -2.30. The zero-order chi connectivity index (χ0) is 12.2. The number of hydrogen-bond acceptors (Lipinski definition) is 4. The molecule has 1 unspecified atom stereocenters. The van der Waals surface area contributed by atoms with E-state index in [1.807, 2.05) is 11.0 Å². The summed E-state index contributed by atoms with van der Waals surface area (Å²) in [7, 11) is 1.44. The molecule has 0 saturated heterocycles. The molecule has 0 aromatic heterocycles. The molecule has 1 aliphatic carbocycles. The van der Waals surface area contributed by atoms with Crippen molar-refractivity contribution in [3.05, 3.63) is 34.8 Å². The van der Waals surface area contributed by atoms with Crippen molar-refractivity contribution in [1.29, 1.82) is 0 Å². The molecule has 0 amide bonds. The quantitative estimate of drug-likeness (QED) is 0.498. The van der Waals surface area contributed by atoms with Gasteiger partial charge in [-0.15, -0.1) is 0 Å². The molecule has 0 aromatic carbocycles. The van der Waals surface area contributed by atoms with E-state index in [1.165, 1.54) is 7.11 Å². The summed E-state index contributed by atoms with van der Waals surface area (Å²) in [6, 6.07) is 0.178. The Morgan fingerprint density at radius 2 is 2.12 bits per heavy atom. The van der Waals surface area contributed by atoms with Crippen LogP contribution in [-0.2, 0) is 14.3 Å². The first-order valence-electron chi connectivity index (χ1n) is 5.66. The van der Waals surface area contributed by atoms with Gasteiger partial charge >= 0.3 is 0 Å². The molecule has 0 N–H and O–H groups in total. The first-order chi connectivity index (χ1) is 8.15. The average molecular weight is 231 g/mol. The Bertz CT molecular complexity index is 525. The number of allylic oxidation sites excluding steroid dienone is 2. The second kappa shape index (κ2) is 3.32. The number of ketones is 2. The predicted octanol–water partition coefficient (Wildman–Crippen LogP) is 0.957. The molecule has 17 heavy (non-hydrogen) atoms. The number of Topliss-reactive ketones (excluding diaryl/α,β-unsaturated/α-hetero) is 2. The van der Waals surface area contributed by atoms with Gasteiger partial charge in [-0.1, -0.05) is 12.2 Å². The number of nitrogens with zero attached hydrogens (tertiary/aromatic N) is 1. The maximum absolute atomic E-state index is 12.2. The average Bonchev–Trinajstić information content (AvgIpc) is 2.86. The van der Waals surface area contributed by atoms with Crippen LogP contribution in [0.15, 0.2) is 34.8 Å². The van der Waals surface area contributed by atoms with Crippen molar-refractivity contribution >= 4 is 11.6 Å². The van der Waals surface area contributed by atoms with E-state index in [2.05, 4.69) is 6.08 Å². The minimum atomic E-state index is -0.123. The molecule has 88 valence electrons. The van der Waals surface area contributed by atoms with Gasteiger partial charge in [0.15, 0.2) is 5.76 Å².